The number of aryl methyl sites for hydroxylation is 2. The van der Waals surface area contributed by atoms with Gasteiger partial charge in [0.25, 0.3) is 11.8 Å². The quantitative estimate of drug-likeness (QED) is 0.324. The van der Waals surface area contributed by atoms with Crippen molar-refractivity contribution in [2.45, 2.75) is 51.9 Å². The number of carbonyl (C=O) groups is 3. The van der Waals surface area contributed by atoms with Crippen LogP contribution in [0.2, 0.25) is 0 Å². The maximum atomic E-state index is 13.6. The molecule has 0 aliphatic carbocycles. The van der Waals surface area contributed by atoms with Gasteiger partial charge >= 0.3 is 0 Å². The van der Waals surface area contributed by atoms with E-state index in [0.717, 1.165) is 27.8 Å². The van der Waals surface area contributed by atoms with Gasteiger partial charge in [0.15, 0.2) is 12.7 Å². The van der Waals surface area contributed by atoms with E-state index in [-0.39, 0.29) is 24.8 Å². The number of amides is 3. The van der Waals surface area contributed by atoms with Crippen LogP contribution in [0.1, 0.15) is 27.8 Å². The highest BCUT2D eigenvalue weighted by atomic mass is 32.2. The second kappa shape index (κ2) is 14.2. The van der Waals surface area contributed by atoms with E-state index in [4.69, 9.17) is 4.74 Å². The number of hydrogen-bond donors (Lipinski definition) is 3. The first-order valence-electron chi connectivity index (χ1n) is 13.7. The third-order valence-corrected chi connectivity index (χ3v) is 8.39. The van der Waals surface area contributed by atoms with Gasteiger partial charge in [-0.25, -0.2) is 0 Å². The lowest BCUT2D eigenvalue weighted by molar-refractivity contribution is -0.146. The lowest BCUT2D eigenvalue weighted by Crippen LogP contribution is -2.56. The molecule has 0 unspecified atom stereocenters. The van der Waals surface area contributed by atoms with Crippen molar-refractivity contribution in [1.29, 1.82) is 0 Å². The summed E-state index contributed by atoms with van der Waals surface area (Å²) in [5, 5.41) is 17.0. The van der Waals surface area contributed by atoms with E-state index in [0.29, 0.717) is 18.0 Å². The molecule has 3 aromatic rings. The molecule has 0 saturated carbocycles. The van der Waals surface area contributed by atoms with Crippen molar-refractivity contribution in [1.82, 2.24) is 15.5 Å². The summed E-state index contributed by atoms with van der Waals surface area (Å²) in [6.45, 7) is 5.95. The molecule has 1 aliphatic rings. The summed E-state index contributed by atoms with van der Waals surface area (Å²) in [5.41, 5.74) is 4.90. The number of aliphatic hydroxyl groups excluding tert-OH is 1. The highest BCUT2D eigenvalue weighted by Gasteiger charge is 2.40. The molecular weight excluding hydrogens is 538 g/mol. The van der Waals surface area contributed by atoms with E-state index in [1.165, 1.54) is 16.7 Å². The fourth-order valence-electron chi connectivity index (χ4n) is 4.71. The van der Waals surface area contributed by atoms with Crippen molar-refractivity contribution in [3.8, 4) is 5.75 Å². The first kappa shape index (κ1) is 30.1. The SMILES string of the molecule is Cc1ccccc1CNC(=O)[C@@H]1CSCN1C(=O)[C@@H](O)[C@H](Cc1ccccc1)NC(=O)COc1cccc(C)c1C. The Hall–Kier alpha value is -3.82. The number of nitrogens with zero attached hydrogens (tertiary/aromatic N) is 1. The molecule has 3 N–H and O–H groups in total. The molecule has 0 bridgehead atoms. The van der Waals surface area contributed by atoms with Crippen molar-refractivity contribution >= 4 is 29.5 Å². The number of nitrogens with one attached hydrogen (secondary N) is 2. The fraction of sp³-hybridized carbons (Fsp3) is 0.344. The van der Waals surface area contributed by atoms with E-state index in [2.05, 4.69) is 10.6 Å². The highest BCUT2D eigenvalue weighted by Crippen LogP contribution is 2.24. The van der Waals surface area contributed by atoms with Crippen LogP contribution in [0.4, 0.5) is 0 Å². The topological polar surface area (TPSA) is 108 Å². The maximum Gasteiger partial charge on any atom is 0.258 e. The molecule has 9 heteroatoms. The number of rotatable bonds is 11. The lowest BCUT2D eigenvalue weighted by Gasteiger charge is -2.30. The Labute approximate surface area is 245 Å². The van der Waals surface area contributed by atoms with Gasteiger partial charge < -0.3 is 25.4 Å². The maximum absolute atomic E-state index is 13.6. The first-order valence-corrected chi connectivity index (χ1v) is 14.8. The average molecular weight is 576 g/mol. The van der Waals surface area contributed by atoms with Crippen LogP contribution in [0, 0.1) is 20.8 Å². The molecule has 8 nitrogen and oxygen atoms in total. The zero-order chi connectivity index (χ0) is 29.4. The molecule has 3 aromatic carbocycles. The van der Waals surface area contributed by atoms with Gasteiger partial charge in [0.1, 0.15) is 11.8 Å². The predicted octanol–water partition coefficient (Wildman–Crippen LogP) is 3.30. The van der Waals surface area contributed by atoms with Crippen molar-refractivity contribution in [3.63, 3.8) is 0 Å². The lowest BCUT2D eigenvalue weighted by atomic mass is 9.99. The van der Waals surface area contributed by atoms with E-state index in [9.17, 15) is 19.5 Å². The van der Waals surface area contributed by atoms with Gasteiger partial charge in [-0.1, -0.05) is 66.7 Å². The predicted molar refractivity (Wildman–Crippen MR) is 160 cm³/mol. The molecule has 1 saturated heterocycles. The fourth-order valence-corrected chi connectivity index (χ4v) is 5.87. The van der Waals surface area contributed by atoms with Crippen LogP contribution in [-0.2, 0) is 27.3 Å². The molecule has 41 heavy (non-hydrogen) atoms. The van der Waals surface area contributed by atoms with Gasteiger partial charge in [0.2, 0.25) is 5.91 Å². The molecule has 0 spiro atoms. The van der Waals surface area contributed by atoms with Crippen LogP contribution < -0.4 is 15.4 Å². The van der Waals surface area contributed by atoms with Crippen LogP contribution in [-0.4, -0.2) is 64.2 Å². The number of ether oxygens (including phenoxy) is 1. The van der Waals surface area contributed by atoms with Gasteiger partial charge in [-0.05, 0) is 61.1 Å². The van der Waals surface area contributed by atoms with Crippen molar-refractivity contribution in [2.75, 3.05) is 18.2 Å². The zero-order valence-corrected chi connectivity index (χ0v) is 24.4. The minimum atomic E-state index is -1.55. The summed E-state index contributed by atoms with van der Waals surface area (Å²) in [6.07, 6.45) is -1.32. The monoisotopic (exact) mass is 575 g/mol. The van der Waals surface area contributed by atoms with Crippen LogP contribution in [0.5, 0.6) is 5.75 Å². The molecule has 1 fully saturated rings. The molecule has 216 valence electrons. The Morgan fingerprint density at radius 3 is 2.44 bits per heavy atom. The standard InChI is InChI=1S/C32H37N3O5S/c1-21-11-9-15-28(23(21)3)40-18-29(36)34-26(16-24-12-5-4-6-13-24)30(37)32(39)35-20-41-19-27(35)31(38)33-17-25-14-8-7-10-22(25)2/h4-15,26-27,30,37H,16-20H2,1-3H3,(H,33,38)(H,34,36)/t26-,27-,30-/m0/s1. The Balaban J connectivity index is 1.43. The molecule has 1 heterocycles. The normalized spacial score (nSPS) is 16.1. The third-order valence-electron chi connectivity index (χ3n) is 7.38. The molecule has 4 rings (SSSR count). The van der Waals surface area contributed by atoms with E-state index in [1.807, 2.05) is 87.5 Å². The molecule has 3 atom stereocenters. The van der Waals surface area contributed by atoms with E-state index in [1.54, 1.807) is 6.07 Å². The van der Waals surface area contributed by atoms with Gasteiger partial charge in [0, 0.05) is 12.3 Å². The summed E-state index contributed by atoms with van der Waals surface area (Å²) in [5.74, 6) is -0.0171. The summed E-state index contributed by atoms with van der Waals surface area (Å²) < 4.78 is 5.75. The van der Waals surface area contributed by atoms with Crippen LogP contribution in [0.15, 0.2) is 72.8 Å². The van der Waals surface area contributed by atoms with E-state index >= 15 is 0 Å². The average Bonchev–Trinajstić information content (AvgIpc) is 3.47. The number of carbonyl (C=O) groups excluding carboxylic acids is 3. The molecular formula is C32H37N3O5S. The van der Waals surface area contributed by atoms with Crippen LogP contribution in [0.3, 0.4) is 0 Å². The van der Waals surface area contributed by atoms with Gasteiger partial charge in [-0.3, -0.25) is 14.4 Å². The molecule has 3 amide bonds. The van der Waals surface area contributed by atoms with Gasteiger partial charge in [0.05, 0.1) is 11.9 Å². The largest absolute Gasteiger partial charge is 0.483 e. The summed E-state index contributed by atoms with van der Waals surface area (Å²) in [7, 11) is 0. The number of aliphatic hydroxyl groups is 1. The first-order chi connectivity index (χ1) is 19.7. The second-order valence-electron chi connectivity index (χ2n) is 10.3. The minimum absolute atomic E-state index is 0.230. The third kappa shape index (κ3) is 7.89. The smallest absolute Gasteiger partial charge is 0.258 e. The molecule has 1 aliphatic heterocycles. The summed E-state index contributed by atoms with van der Waals surface area (Å²) >= 11 is 1.45. The Kier molecular flexibility index (Phi) is 10.4. The van der Waals surface area contributed by atoms with Crippen LogP contribution in [0.25, 0.3) is 0 Å². The van der Waals surface area contributed by atoms with Gasteiger partial charge in [-0.15, -0.1) is 11.8 Å². The van der Waals surface area contributed by atoms with Crippen molar-refractivity contribution in [3.05, 3.63) is 101 Å². The van der Waals surface area contributed by atoms with Crippen LogP contribution >= 0.6 is 11.8 Å². The Morgan fingerprint density at radius 2 is 1.68 bits per heavy atom. The summed E-state index contributed by atoms with van der Waals surface area (Å²) in [6, 6.07) is 21.1. The second-order valence-corrected chi connectivity index (χ2v) is 11.3. The van der Waals surface area contributed by atoms with E-state index < -0.39 is 30.0 Å². The summed E-state index contributed by atoms with van der Waals surface area (Å²) in [4.78, 5) is 41.0. The number of hydrogen-bond acceptors (Lipinski definition) is 6. The molecule has 0 aromatic heterocycles. The van der Waals surface area contributed by atoms with Gasteiger partial charge in [-0.2, -0.15) is 0 Å². The Bertz CT molecular complexity index is 1370. The minimum Gasteiger partial charge on any atom is -0.483 e. The molecule has 0 radical (unpaired) electrons. The number of thioether (sulfide) groups is 1. The van der Waals surface area contributed by atoms with Crippen molar-refractivity contribution in [2.24, 2.45) is 0 Å². The number of benzene rings is 3. The van der Waals surface area contributed by atoms with Crippen molar-refractivity contribution < 1.29 is 24.2 Å². The Morgan fingerprint density at radius 1 is 0.976 bits per heavy atom. The zero-order valence-electron chi connectivity index (χ0n) is 23.6. The highest BCUT2D eigenvalue weighted by molar-refractivity contribution is 7.99.